The van der Waals surface area contributed by atoms with E-state index in [1.165, 1.54) is 50.6 Å². The topological polar surface area (TPSA) is 97.8 Å². The van der Waals surface area contributed by atoms with Crippen LogP contribution in [0, 0.1) is 11.6 Å². The lowest BCUT2D eigenvalue weighted by molar-refractivity contribution is -0.137. The Hall–Kier alpha value is -5.11. The molecule has 0 amide bonds. The van der Waals surface area contributed by atoms with Crippen molar-refractivity contribution in [2.24, 2.45) is 5.73 Å². The van der Waals surface area contributed by atoms with Crippen molar-refractivity contribution in [2.45, 2.75) is 25.6 Å². The summed E-state index contributed by atoms with van der Waals surface area (Å²) in [5.41, 5.74) is 7.39. The van der Waals surface area contributed by atoms with Crippen LogP contribution in [0.5, 0.6) is 11.5 Å². The summed E-state index contributed by atoms with van der Waals surface area (Å²) in [5, 5.41) is 0. The Bertz CT molecular complexity index is 1960. The van der Waals surface area contributed by atoms with Gasteiger partial charge in [-0.15, -0.1) is 0 Å². The van der Waals surface area contributed by atoms with Gasteiger partial charge in [0.05, 0.1) is 51.0 Å². The molecule has 2 N–H and O–H groups in total. The minimum Gasteiger partial charge on any atom is -0.494 e. The maximum absolute atomic E-state index is 15.2. The second-order valence-electron chi connectivity index (χ2n) is 11.7. The molecule has 0 radical (unpaired) electrons. The van der Waals surface area contributed by atoms with Gasteiger partial charge in [-0.1, -0.05) is 36.4 Å². The fourth-order valence-electron chi connectivity index (χ4n) is 5.62. The average molecular weight is 724 g/mol. The van der Waals surface area contributed by atoms with E-state index >= 15 is 8.78 Å². The predicted octanol–water partition coefficient (Wildman–Crippen LogP) is 8.20. The fourth-order valence-corrected chi connectivity index (χ4v) is 5.62. The Morgan fingerprint density at radius 3 is 1.90 bits per heavy atom. The van der Waals surface area contributed by atoms with E-state index in [2.05, 4.69) is 0 Å². The van der Waals surface area contributed by atoms with Crippen molar-refractivity contribution in [3.8, 4) is 45.4 Å². The zero-order chi connectivity index (χ0) is 37.3. The van der Waals surface area contributed by atoms with Crippen LogP contribution in [0.4, 0.5) is 22.0 Å². The Balaban J connectivity index is 1.53. The van der Waals surface area contributed by atoms with Crippen molar-refractivity contribution < 1.29 is 45.7 Å². The van der Waals surface area contributed by atoms with Crippen LogP contribution < -0.4 is 15.2 Å². The SMILES string of the molecule is COc1ccc(-c2nc(-c3ccc(C(F)(F)F)cc3)n(Cc3ccc(C(=O)CCCOCCOCCN)cc3)c2-c2ccc(OC)c(F)c2)cc1F. The Labute approximate surface area is 297 Å². The van der Waals surface area contributed by atoms with E-state index in [4.69, 9.17) is 29.7 Å². The van der Waals surface area contributed by atoms with E-state index < -0.39 is 23.4 Å². The lowest BCUT2D eigenvalue weighted by Crippen LogP contribution is -2.12. The van der Waals surface area contributed by atoms with Crippen LogP contribution in [0.25, 0.3) is 33.9 Å². The van der Waals surface area contributed by atoms with Gasteiger partial charge in [0.25, 0.3) is 0 Å². The van der Waals surface area contributed by atoms with Gasteiger partial charge in [0.1, 0.15) is 5.82 Å². The van der Waals surface area contributed by atoms with E-state index in [-0.39, 0.29) is 41.8 Å². The number of methoxy groups -OCH3 is 2. The molecule has 0 saturated heterocycles. The summed E-state index contributed by atoms with van der Waals surface area (Å²) in [6.07, 6.45) is -3.76. The van der Waals surface area contributed by atoms with E-state index in [1.807, 2.05) is 0 Å². The third-order valence-corrected chi connectivity index (χ3v) is 8.23. The normalized spacial score (nSPS) is 11.5. The summed E-state index contributed by atoms with van der Waals surface area (Å²) < 4.78 is 93.4. The number of nitrogens with zero attached hydrogens (tertiary/aromatic N) is 2. The zero-order valence-electron chi connectivity index (χ0n) is 28.6. The third kappa shape index (κ3) is 9.21. The molecule has 0 aliphatic rings. The maximum Gasteiger partial charge on any atom is 0.416 e. The molecule has 0 bridgehead atoms. The molecule has 0 fully saturated rings. The van der Waals surface area contributed by atoms with Crippen LogP contribution in [-0.2, 0) is 22.2 Å². The molecule has 0 saturated carbocycles. The number of alkyl halides is 3. The molecule has 0 atom stereocenters. The quantitative estimate of drug-likeness (QED) is 0.0587. The number of hydrogen-bond acceptors (Lipinski definition) is 7. The summed E-state index contributed by atoms with van der Waals surface area (Å²) in [6, 6.07) is 20.0. The summed E-state index contributed by atoms with van der Waals surface area (Å²) >= 11 is 0. The highest BCUT2D eigenvalue weighted by atomic mass is 19.4. The highest BCUT2D eigenvalue weighted by molar-refractivity contribution is 5.96. The molecule has 1 aromatic heterocycles. The number of carbonyl (C=O) groups excluding carboxylic acids is 1. The molecule has 274 valence electrons. The monoisotopic (exact) mass is 723 g/mol. The van der Waals surface area contributed by atoms with Gasteiger partial charge < -0.3 is 29.2 Å². The van der Waals surface area contributed by atoms with E-state index in [0.717, 1.165) is 12.1 Å². The van der Waals surface area contributed by atoms with Crippen LogP contribution in [0.3, 0.4) is 0 Å². The summed E-state index contributed by atoms with van der Waals surface area (Å²) in [5.74, 6) is -1.15. The predicted molar refractivity (Wildman–Crippen MR) is 186 cm³/mol. The van der Waals surface area contributed by atoms with E-state index in [0.29, 0.717) is 72.9 Å². The van der Waals surface area contributed by atoms with Crippen LogP contribution in [0.2, 0.25) is 0 Å². The van der Waals surface area contributed by atoms with Crippen LogP contribution in [0.15, 0.2) is 84.9 Å². The van der Waals surface area contributed by atoms with Gasteiger partial charge in [0.15, 0.2) is 28.9 Å². The highest BCUT2D eigenvalue weighted by Gasteiger charge is 2.31. The Morgan fingerprint density at radius 1 is 0.750 bits per heavy atom. The van der Waals surface area contributed by atoms with Crippen molar-refractivity contribution >= 4 is 5.78 Å². The number of ketones is 1. The summed E-state index contributed by atoms with van der Waals surface area (Å²) in [6.45, 7) is 2.24. The lowest BCUT2D eigenvalue weighted by Gasteiger charge is -2.15. The van der Waals surface area contributed by atoms with Gasteiger partial charge in [0.2, 0.25) is 0 Å². The van der Waals surface area contributed by atoms with Crippen molar-refractivity contribution in [1.29, 1.82) is 0 Å². The Morgan fingerprint density at radius 2 is 1.33 bits per heavy atom. The van der Waals surface area contributed by atoms with E-state index in [9.17, 15) is 18.0 Å². The number of imidazole rings is 1. The number of aromatic nitrogens is 2. The first-order valence-electron chi connectivity index (χ1n) is 16.5. The van der Waals surface area contributed by atoms with Gasteiger partial charge >= 0.3 is 6.18 Å². The molecule has 0 spiro atoms. The standard InChI is InChI=1S/C39H38F5N3O5/c1-49-34-15-11-28(22-31(34)40)36-37(29-12-16-35(50-2)32(41)23-29)47(38(46-36)27-9-13-30(14-10-27)39(42,43)44)24-25-5-7-26(8-6-25)33(48)4-3-18-51-20-21-52-19-17-45/h5-16,22-23H,3-4,17-21,24,45H2,1-2H3. The van der Waals surface area contributed by atoms with Crippen molar-refractivity contribution in [3.63, 3.8) is 0 Å². The molecular formula is C39H38F5N3O5. The number of Topliss-reactive ketones (excluding diaryl/α,β-unsaturated/α-hetero) is 1. The van der Waals surface area contributed by atoms with Gasteiger partial charge in [0, 0.05) is 48.4 Å². The smallest absolute Gasteiger partial charge is 0.416 e. The van der Waals surface area contributed by atoms with Gasteiger partial charge in [-0.3, -0.25) is 4.79 Å². The molecule has 0 aliphatic carbocycles. The first-order valence-corrected chi connectivity index (χ1v) is 16.5. The second-order valence-corrected chi connectivity index (χ2v) is 11.7. The summed E-state index contributed by atoms with van der Waals surface area (Å²) in [4.78, 5) is 17.7. The minimum absolute atomic E-state index is 0.00160. The largest absolute Gasteiger partial charge is 0.494 e. The lowest BCUT2D eigenvalue weighted by atomic mass is 10.0. The number of nitrogens with two attached hydrogens (primary N) is 1. The maximum atomic E-state index is 15.2. The first kappa shape index (κ1) is 38.1. The van der Waals surface area contributed by atoms with Gasteiger partial charge in [-0.05, 0) is 60.5 Å². The first-order chi connectivity index (χ1) is 25.0. The fraction of sp³-hybridized carbons (Fsp3) is 0.282. The molecule has 13 heteroatoms. The number of ether oxygens (including phenoxy) is 4. The van der Waals surface area contributed by atoms with E-state index in [1.54, 1.807) is 41.0 Å². The van der Waals surface area contributed by atoms with Crippen molar-refractivity contribution in [2.75, 3.05) is 47.2 Å². The molecule has 8 nitrogen and oxygen atoms in total. The minimum atomic E-state index is -4.56. The molecule has 1 heterocycles. The second kappa shape index (κ2) is 17.4. The number of benzene rings is 4. The van der Waals surface area contributed by atoms with Crippen LogP contribution >= 0.6 is 0 Å². The number of halogens is 5. The molecule has 5 aromatic rings. The van der Waals surface area contributed by atoms with Crippen molar-refractivity contribution in [1.82, 2.24) is 9.55 Å². The number of hydrogen-bond donors (Lipinski definition) is 1. The number of carbonyl (C=O) groups is 1. The third-order valence-electron chi connectivity index (χ3n) is 8.23. The average Bonchev–Trinajstić information content (AvgIpc) is 3.51. The molecular weight excluding hydrogens is 685 g/mol. The molecule has 5 rings (SSSR count). The summed E-state index contributed by atoms with van der Waals surface area (Å²) in [7, 11) is 2.66. The van der Waals surface area contributed by atoms with Crippen molar-refractivity contribution in [3.05, 3.63) is 113 Å². The molecule has 0 unspecified atom stereocenters. The number of rotatable bonds is 17. The molecule has 0 aliphatic heterocycles. The van der Waals surface area contributed by atoms with Gasteiger partial charge in [-0.25, -0.2) is 13.8 Å². The van der Waals surface area contributed by atoms with Crippen LogP contribution in [-0.4, -0.2) is 62.5 Å². The zero-order valence-corrected chi connectivity index (χ0v) is 28.6. The van der Waals surface area contributed by atoms with Crippen LogP contribution in [0.1, 0.15) is 34.3 Å². The highest BCUT2D eigenvalue weighted by Crippen LogP contribution is 2.40. The Kier molecular flexibility index (Phi) is 12.8. The molecule has 4 aromatic carbocycles. The van der Waals surface area contributed by atoms with Gasteiger partial charge in [-0.2, -0.15) is 13.2 Å². The molecule has 52 heavy (non-hydrogen) atoms.